The van der Waals surface area contributed by atoms with Crippen molar-refractivity contribution in [2.45, 2.75) is 58.5 Å². The third-order valence-electron chi connectivity index (χ3n) is 3.70. The average molecular weight is 318 g/mol. The van der Waals surface area contributed by atoms with E-state index in [0.717, 1.165) is 18.4 Å². The van der Waals surface area contributed by atoms with E-state index in [1.807, 2.05) is 37.3 Å². The van der Waals surface area contributed by atoms with Crippen LogP contribution in [0, 0.1) is 16.7 Å². The fraction of sp³-hybridized carbons (Fsp3) is 0.556. The summed E-state index contributed by atoms with van der Waals surface area (Å²) in [6.07, 6.45) is 1.93. The van der Waals surface area contributed by atoms with Gasteiger partial charge in [0, 0.05) is 8.07 Å². The van der Waals surface area contributed by atoms with Gasteiger partial charge < -0.3 is 4.74 Å². The fourth-order valence-corrected chi connectivity index (χ4v) is 3.54. The van der Waals surface area contributed by atoms with Crippen LogP contribution >= 0.6 is 0 Å². The molecule has 0 saturated carbocycles. The van der Waals surface area contributed by atoms with Gasteiger partial charge in [-0.3, -0.25) is 4.79 Å². The van der Waals surface area contributed by atoms with E-state index in [2.05, 4.69) is 25.7 Å². The third-order valence-corrected chi connectivity index (χ3v) is 5.56. The maximum absolute atomic E-state index is 12.0. The molecule has 22 heavy (non-hydrogen) atoms. The van der Waals surface area contributed by atoms with Gasteiger partial charge in [0.15, 0.2) is 0 Å². The summed E-state index contributed by atoms with van der Waals surface area (Å²) in [5.41, 5.74) is 0.348. The average Bonchev–Trinajstić information content (AvgIpc) is 2.45. The van der Waals surface area contributed by atoms with Gasteiger partial charge in [-0.1, -0.05) is 62.4 Å². The summed E-state index contributed by atoms with van der Waals surface area (Å²) in [6, 6.07) is 13.1. The van der Waals surface area contributed by atoms with Gasteiger partial charge in [0.05, 0.1) is 17.9 Å². The number of hydrogen-bond acceptors (Lipinski definition) is 3. The van der Waals surface area contributed by atoms with Crippen LogP contribution in [0.25, 0.3) is 0 Å². The number of ether oxygens (including phenoxy) is 1. The van der Waals surface area contributed by atoms with Crippen molar-refractivity contribution in [3.05, 3.63) is 35.9 Å². The van der Waals surface area contributed by atoms with Crippen molar-refractivity contribution in [1.82, 2.24) is 0 Å². The van der Waals surface area contributed by atoms with Crippen LogP contribution in [0.2, 0.25) is 25.7 Å². The Labute approximate surface area is 135 Å². The van der Waals surface area contributed by atoms with E-state index >= 15 is 0 Å². The van der Waals surface area contributed by atoms with Gasteiger partial charge in [0.1, 0.15) is 6.61 Å². The highest BCUT2D eigenvalue weighted by Crippen LogP contribution is 2.29. The third kappa shape index (κ3) is 7.42. The second kappa shape index (κ2) is 8.14. The van der Waals surface area contributed by atoms with Crippen LogP contribution in [0.1, 0.15) is 31.7 Å². The minimum Gasteiger partial charge on any atom is -0.461 e. The van der Waals surface area contributed by atoms with E-state index in [4.69, 9.17) is 4.74 Å². The lowest BCUT2D eigenvalue weighted by atomic mass is 9.84. The molecule has 0 heterocycles. The number of carbonyl (C=O) groups is 1. The molecule has 0 aromatic heterocycles. The summed E-state index contributed by atoms with van der Waals surface area (Å²) < 4.78 is 5.29. The zero-order chi connectivity index (χ0) is 16.6. The van der Waals surface area contributed by atoms with E-state index in [9.17, 15) is 10.1 Å². The second-order valence-electron chi connectivity index (χ2n) is 7.41. The Morgan fingerprint density at radius 1 is 1.27 bits per heavy atom. The molecule has 0 saturated heterocycles. The van der Waals surface area contributed by atoms with Gasteiger partial charge in [-0.05, 0) is 18.9 Å². The lowest BCUT2D eigenvalue weighted by Gasteiger charge is -2.23. The van der Waals surface area contributed by atoms with Gasteiger partial charge in [-0.2, -0.15) is 5.26 Å². The van der Waals surface area contributed by atoms with E-state index in [1.54, 1.807) is 0 Å². The normalized spacial score (nSPS) is 14.0. The summed E-state index contributed by atoms with van der Waals surface area (Å²) >= 11 is 0. The largest absolute Gasteiger partial charge is 0.461 e. The van der Waals surface area contributed by atoms with E-state index in [0.29, 0.717) is 0 Å². The van der Waals surface area contributed by atoms with E-state index < -0.39 is 13.5 Å². The molecule has 0 N–H and O–H groups in total. The van der Waals surface area contributed by atoms with Crippen molar-refractivity contribution in [3.8, 4) is 6.07 Å². The number of rotatable bonds is 8. The lowest BCUT2D eigenvalue weighted by Crippen LogP contribution is -2.23. The second-order valence-corrected chi connectivity index (χ2v) is 13.0. The molecule has 1 unspecified atom stereocenters. The Morgan fingerprint density at radius 2 is 1.91 bits per heavy atom. The molecule has 3 nitrogen and oxygen atoms in total. The zero-order valence-electron chi connectivity index (χ0n) is 14.2. The minimum atomic E-state index is -1.09. The highest BCUT2D eigenvalue weighted by atomic mass is 28.3. The molecule has 1 rings (SSSR count). The predicted octanol–water partition coefficient (Wildman–Crippen LogP) is 4.77. The number of benzene rings is 1. The van der Waals surface area contributed by atoms with Gasteiger partial charge in [-0.15, -0.1) is 0 Å². The standard InChI is InChI=1S/C18H27NO2Si/c1-18(15-19,11-8-12-22(2,3)4)13-17(20)21-14-16-9-6-5-7-10-16/h5-7,9-10H,8,11-14H2,1-4H3. The summed E-state index contributed by atoms with van der Waals surface area (Å²) in [5.74, 6) is -0.291. The van der Waals surface area contributed by atoms with Crippen LogP contribution in [0.3, 0.4) is 0 Å². The molecule has 0 spiro atoms. The molecule has 0 bridgehead atoms. The molecule has 0 aliphatic rings. The Morgan fingerprint density at radius 3 is 2.45 bits per heavy atom. The van der Waals surface area contributed by atoms with Gasteiger partial charge in [0.2, 0.25) is 0 Å². The van der Waals surface area contributed by atoms with Crippen LogP contribution in [0.4, 0.5) is 0 Å². The molecule has 120 valence electrons. The highest BCUT2D eigenvalue weighted by Gasteiger charge is 2.28. The number of carbonyl (C=O) groups excluding carboxylic acids is 1. The van der Waals surface area contributed by atoms with Crippen molar-refractivity contribution < 1.29 is 9.53 Å². The van der Waals surface area contributed by atoms with Gasteiger partial charge in [-0.25, -0.2) is 0 Å². The van der Waals surface area contributed by atoms with Gasteiger partial charge in [0.25, 0.3) is 0 Å². The number of nitriles is 1. The number of hydrogen-bond donors (Lipinski definition) is 0. The van der Waals surface area contributed by atoms with Crippen LogP contribution in [-0.4, -0.2) is 14.0 Å². The van der Waals surface area contributed by atoms with Crippen LogP contribution < -0.4 is 0 Å². The quantitative estimate of drug-likeness (QED) is 0.512. The maximum atomic E-state index is 12.0. The van der Waals surface area contributed by atoms with E-state index in [-0.39, 0.29) is 19.0 Å². The minimum absolute atomic E-state index is 0.169. The highest BCUT2D eigenvalue weighted by molar-refractivity contribution is 6.76. The number of esters is 1. The Kier molecular flexibility index (Phi) is 6.83. The van der Waals surface area contributed by atoms with Crippen molar-refractivity contribution in [2.24, 2.45) is 5.41 Å². The Balaban J connectivity index is 2.43. The molecule has 0 aliphatic carbocycles. The lowest BCUT2D eigenvalue weighted by molar-refractivity contribution is -0.146. The molecular weight excluding hydrogens is 290 g/mol. The molecule has 0 amide bonds. The molecule has 0 aliphatic heterocycles. The van der Waals surface area contributed by atoms with Crippen molar-refractivity contribution in [1.29, 1.82) is 5.26 Å². The topological polar surface area (TPSA) is 50.1 Å². The molecule has 0 fully saturated rings. The molecule has 1 aromatic carbocycles. The Hall–Kier alpha value is -1.60. The van der Waals surface area contributed by atoms with E-state index in [1.165, 1.54) is 6.04 Å². The molecule has 1 atom stereocenters. The summed E-state index contributed by atoms with van der Waals surface area (Å²) in [4.78, 5) is 12.0. The van der Waals surface area contributed by atoms with Crippen molar-refractivity contribution in [2.75, 3.05) is 0 Å². The monoisotopic (exact) mass is 317 g/mol. The smallest absolute Gasteiger partial charge is 0.307 e. The SMILES string of the molecule is CC(C#N)(CCC[Si](C)(C)C)CC(=O)OCc1ccccc1. The van der Waals surface area contributed by atoms with Gasteiger partial charge >= 0.3 is 5.97 Å². The van der Waals surface area contributed by atoms with Crippen molar-refractivity contribution in [3.63, 3.8) is 0 Å². The van der Waals surface area contributed by atoms with Crippen molar-refractivity contribution >= 4 is 14.0 Å². The summed E-state index contributed by atoms with van der Waals surface area (Å²) in [5, 5.41) is 9.40. The van der Waals surface area contributed by atoms with Crippen LogP contribution in [0.15, 0.2) is 30.3 Å². The number of nitrogens with zero attached hydrogens (tertiary/aromatic N) is 1. The molecule has 1 aromatic rings. The first-order valence-corrected chi connectivity index (χ1v) is 11.6. The molecule has 0 radical (unpaired) electrons. The first-order chi connectivity index (χ1) is 10.2. The first kappa shape index (κ1) is 18.4. The first-order valence-electron chi connectivity index (χ1n) is 7.85. The Bertz CT molecular complexity index is 516. The fourth-order valence-electron chi connectivity index (χ4n) is 2.30. The predicted molar refractivity (Wildman–Crippen MR) is 92.0 cm³/mol. The maximum Gasteiger partial charge on any atom is 0.307 e. The summed E-state index contributed by atoms with van der Waals surface area (Å²) in [7, 11) is -1.09. The van der Waals surface area contributed by atoms with Crippen LogP contribution in [-0.2, 0) is 16.1 Å². The van der Waals surface area contributed by atoms with Crippen LogP contribution in [0.5, 0.6) is 0 Å². The molecular formula is C18H27NO2Si. The molecule has 4 heteroatoms. The zero-order valence-corrected chi connectivity index (χ0v) is 15.2. The summed E-state index contributed by atoms with van der Waals surface area (Å²) in [6.45, 7) is 9.11.